The van der Waals surface area contributed by atoms with Crippen LogP contribution < -0.4 is 9.47 Å². The maximum atomic E-state index is 6.10. The van der Waals surface area contributed by atoms with Crippen molar-refractivity contribution in [2.45, 2.75) is 65.7 Å². The van der Waals surface area contributed by atoms with E-state index in [-0.39, 0.29) is 0 Å². The first-order chi connectivity index (χ1) is 15.5. The van der Waals surface area contributed by atoms with E-state index in [0.29, 0.717) is 12.5 Å². The topological polar surface area (TPSA) is 40.0 Å². The molecule has 0 saturated heterocycles. The summed E-state index contributed by atoms with van der Waals surface area (Å²) < 4.78 is 11.8. The Morgan fingerprint density at radius 1 is 0.938 bits per heavy atom. The predicted octanol–water partition coefficient (Wildman–Crippen LogP) is 7.37. The zero-order chi connectivity index (χ0) is 23.2. The van der Waals surface area contributed by atoms with Gasteiger partial charge in [0.15, 0.2) is 0 Å². The lowest BCUT2D eigenvalue weighted by atomic mass is 9.94. The van der Waals surface area contributed by atoms with Gasteiger partial charge in [0.1, 0.15) is 25.2 Å². The second-order valence-corrected chi connectivity index (χ2v) is 8.30. The maximum Gasteiger partial charge on any atom is 0.125 e. The van der Waals surface area contributed by atoms with Gasteiger partial charge in [-0.2, -0.15) is 0 Å². The third kappa shape index (κ3) is 8.78. The van der Waals surface area contributed by atoms with Crippen LogP contribution in [0.1, 0.15) is 74.1 Å². The van der Waals surface area contributed by atoms with Crippen LogP contribution in [0.25, 0.3) is 0 Å². The van der Waals surface area contributed by atoms with E-state index in [0.717, 1.165) is 41.2 Å². The molecule has 32 heavy (non-hydrogen) atoms. The third-order valence-electron chi connectivity index (χ3n) is 5.61. The number of aryl methyl sites for hydroxylation is 2. The van der Waals surface area contributed by atoms with E-state index in [1.807, 2.05) is 19.1 Å². The molecule has 174 valence electrons. The third-order valence-corrected chi connectivity index (χ3v) is 5.61. The van der Waals surface area contributed by atoms with Crippen LogP contribution in [0, 0.1) is 13.8 Å². The van der Waals surface area contributed by atoms with Gasteiger partial charge < -0.3 is 14.3 Å². The molecule has 0 heterocycles. The molecule has 0 amide bonds. The molecule has 2 aromatic rings. The standard InChI is InChI=1S/C28H39NO3/c1-6-7-17-31-27-19-23(3)28(24(4)20-27)32-18-11-9-8-10-12-22(2)26-15-13-25(14-16-26)21-29-30-5/h6-7,13-16,19-22H,8-12,17-18H2,1-5H3/b7-6+,29-21?. The number of hydrogen-bond acceptors (Lipinski definition) is 4. The summed E-state index contributed by atoms with van der Waals surface area (Å²) in [5.41, 5.74) is 4.71. The Morgan fingerprint density at radius 2 is 1.62 bits per heavy atom. The largest absolute Gasteiger partial charge is 0.493 e. The first kappa shape index (κ1) is 25.5. The van der Waals surface area contributed by atoms with E-state index in [1.54, 1.807) is 13.3 Å². The molecule has 0 N–H and O–H groups in total. The van der Waals surface area contributed by atoms with Crippen LogP contribution in [0.4, 0.5) is 0 Å². The predicted molar refractivity (Wildman–Crippen MR) is 134 cm³/mol. The van der Waals surface area contributed by atoms with Gasteiger partial charge in [-0.05, 0) is 73.9 Å². The van der Waals surface area contributed by atoms with Crippen molar-refractivity contribution in [3.63, 3.8) is 0 Å². The molecule has 0 fully saturated rings. The van der Waals surface area contributed by atoms with Crippen molar-refractivity contribution < 1.29 is 14.3 Å². The molecule has 1 unspecified atom stereocenters. The lowest BCUT2D eigenvalue weighted by molar-refractivity contribution is 0.215. The lowest BCUT2D eigenvalue weighted by Crippen LogP contribution is -2.02. The van der Waals surface area contributed by atoms with Crippen molar-refractivity contribution in [1.82, 2.24) is 0 Å². The molecule has 0 aliphatic carbocycles. The summed E-state index contributed by atoms with van der Waals surface area (Å²) in [6.45, 7) is 9.84. The van der Waals surface area contributed by atoms with E-state index in [1.165, 1.54) is 31.2 Å². The van der Waals surface area contributed by atoms with Crippen molar-refractivity contribution in [2.75, 3.05) is 20.3 Å². The molecule has 0 aromatic heterocycles. The van der Waals surface area contributed by atoms with Crippen molar-refractivity contribution in [3.8, 4) is 11.5 Å². The fourth-order valence-electron chi connectivity index (χ4n) is 3.73. The minimum absolute atomic E-state index is 0.568. The number of hydrogen-bond donors (Lipinski definition) is 0. The highest BCUT2D eigenvalue weighted by Crippen LogP contribution is 2.29. The quantitative estimate of drug-likeness (QED) is 0.134. The molecule has 2 rings (SSSR count). The Morgan fingerprint density at radius 3 is 2.28 bits per heavy atom. The van der Waals surface area contributed by atoms with E-state index in [4.69, 9.17) is 14.3 Å². The number of unbranched alkanes of at least 4 members (excludes halogenated alkanes) is 3. The number of ether oxygens (including phenoxy) is 2. The van der Waals surface area contributed by atoms with Crippen LogP contribution in [-0.4, -0.2) is 26.5 Å². The summed E-state index contributed by atoms with van der Waals surface area (Å²) in [5, 5.41) is 3.80. The summed E-state index contributed by atoms with van der Waals surface area (Å²) >= 11 is 0. The Hall–Kier alpha value is -2.75. The minimum Gasteiger partial charge on any atom is -0.493 e. The van der Waals surface area contributed by atoms with E-state index in [2.05, 4.69) is 62.3 Å². The first-order valence-corrected chi connectivity index (χ1v) is 11.7. The van der Waals surface area contributed by atoms with Crippen LogP contribution in [0.2, 0.25) is 0 Å². The van der Waals surface area contributed by atoms with Gasteiger partial charge in [-0.3, -0.25) is 0 Å². The molecule has 4 nitrogen and oxygen atoms in total. The van der Waals surface area contributed by atoms with Crippen molar-refractivity contribution >= 4 is 6.21 Å². The second-order valence-electron chi connectivity index (χ2n) is 8.30. The van der Waals surface area contributed by atoms with Gasteiger partial charge in [-0.1, -0.05) is 67.8 Å². The van der Waals surface area contributed by atoms with Gasteiger partial charge in [0.25, 0.3) is 0 Å². The highest BCUT2D eigenvalue weighted by molar-refractivity contribution is 5.79. The van der Waals surface area contributed by atoms with E-state index >= 15 is 0 Å². The Labute approximate surface area is 194 Å². The Bertz CT molecular complexity index is 832. The van der Waals surface area contributed by atoms with Crippen LogP contribution in [-0.2, 0) is 4.84 Å². The van der Waals surface area contributed by atoms with E-state index < -0.39 is 0 Å². The average Bonchev–Trinajstić information content (AvgIpc) is 2.79. The maximum absolute atomic E-state index is 6.10. The van der Waals surface area contributed by atoms with Crippen LogP contribution in [0.15, 0.2) is 53.7 Å². The summed E-state index contributed by atoms with van der Waals surface area (Å²) in [4.78, 5) is 4.73. The van der Waals surface area contributed by atoms with Gasteiger partial charge in [-0.15, -0.1) is 0 Å². The van der Waals surface area contributed by atoms with Crippen LogP contribution >= 0.6 is 0 Å². The van der Waals surface area contributed by atoms with Gasteiger partial charge in [-0.25, -0.2) is 0 Å². The summed E-state index contributed by atoms with van der Waals surface area (Å²) in [7, 11) is 1.56. The normalized spacial score (nSPS) is 12.4. The zero-order valence-corrected chi connectivity index (χ0v) is 20.4. The molecular weight excluding hydrogens is 398 g/mol. The molecule has 0 aliphatic rings. The molecule has 1 atom stereocenters. The van der Waals surface area contributed by atoms with E-state index in [9.17, 15) is 0 Å². The van der Waals surface area contributed by atoms with Crippen LogP contribution in [0.3, 0.4) is 0 Å². The summed E-state index contributed by atoms with van der Waals surface area (Å²) in [6.07, 6.45) is 11.7. The number of benzene rings is 2. The molecule has 0 aliphatic heterocycles. The SMILES string of the molecule is C/C=C/COc1cc(C)c(OCCCCCCC(C)c2ccc(C=NOC)cc2)c(C)c1. The summed E-state index contributed by atoms with van der Waals surface area (Å²) in [6, 6.07) is 12.7. The van der Waals surface area contributed by atoms with Gasteiger partial charge >= 0.3 is 0 Å². The molecule has 2 aromatic carbocycles. The second kappa shape index (κ2) is 14.3. The molecule has 0 bridgehead atoms. The minimum atomic E-state index is 0.568. The number of rotatable bonds is 14. The lowest BCUT2D eigenvalue weighted by Gasteiger charge is -2.15. The zero-order valence-electron chi connectivity index (χ0n) is 20.4. The number of oxime groups is 1. The number of nitrogens with zero attached hydrogens (tertiary/aromatic N) is 1. The number of allylic oxidation sites excluding steroid dienone is 1. The monoisotopic (exact) mass is 437 g/mol. The van der Waals surface area contributed by atoms with Crippen molar-refractivity contribution in [3.05, 3.63) is 70.8 Å². The fraction of sp³-hybridized carbons (Fsp3) is 0.464. The van der Waals surface area contributed by atoms with Crippen molar-refractivity contribution in [2.24, 2.45) is 5.16 Å². The molecule has 4 heteroatoms. The molecule has 0 spiro atoms. The highest BCUT2D eigenvalue weighted by Gasteiger charge is 2.08. The first-order valence-electron chi connectivity index (χ1n) is 11.7. The Balaban J connectivity index is 1.65. The molecule has 0 saturated carbocycles. The molecular formula is C28H39NO3. The van der Waals surface area contributed by atoms with Gasteiger partial charge in [0.2, 0.25) is 0 Å². The van der Waals surface area contributed by atoms with Gasteiger partial charge in [0, 0.05) is 0 Å². The fourth-order valence-corrected chi connectivity index (χ4v) is 3.73. The van der Waals surface area contributed by atoms with Crippen LogP contribution in [0.5, 0.6) is 11.5 Å². The molecule has 0 radical (unpaired) electrons. The smallest absolute Gasteiger partial charge is 0.125 e. The van der Waals surface area contributed by atoms with Crippen molar-refractivity contribution in [1.29, 1.82) is 0 Å². The highest BCUT2D eigenvalue weighted by atomic mass is 16.6. The van der Waals surface area contributed by atoms with Gasteiger partial charge in [0.05, 0.1) is 12.8 Å². The average molecular weight is 438 g/mol. The summed E-state index contributed by atoms with van der Waals surface area (Å²) in [5.74, 6) is 2.46. The Kier molecular flexibility index (Phi) is 11.4.